The number of ether oxygens (including phenoxy) is 1. The number of aliphatic hydroxyl groups is 2. The van der Waals surface area contributed by atoms with Crippen LogP contribution >= 0.6 is 0 Å². The molecular formula is C10H12O3. The van der Waals surface area contributed by atoms with E-state index in [1.807, 2.05) is 19.1 Å². The van der Waals surface area contributed by atoms with E-state index < -0.39 is 11.9 Å². The van der Waals surface area contributed by atoms with Crippen molar-refractivity contribution in [2.75, 3.05) is 0 Å². The molecule has 1 aliphatic heterocycles. The van der Waals surface area contributed by atoms with E-state index in [0.717, 1.165) is 0 Å². The van der Waals surface area contributed by atoms with E-state index in [1.165, 1.54) is 0 Å². The van der Waals surface area contributed by atoms with Crippen molar-refractivity contribution in [2.24, 2.45) is 0 Å². The van der Waals surface area contributed by atoms with Gasteiger partial charge >= 0.3 is 0 Å². The van der Waals surface area contributed by atoms with Crippen molar-refractivity contribution in [3.63, 3.8) is 0 Å². The molecule has 13 heavy (non-hydrogen) atoms. The van der Waals surface area contributed by atoms with Crippen LogP contribution in [0.5, 0.6) is 5.75 Å². The van der Waals surface area contributed by atoms with Crippen LogP contribution in [0.25, 0.3) is 0 Å². The zero-order valence-corrected chi connectivity index (χ0v) is 7.40. The maximum Gasteiger partial charge on any atom is 0.230 e. The monoisotopic (exact) mass is 180 g/mol. The molecule has 0 saturated carbocycles. The molecule has 2 rings (SSSR count). The summed E-state index contributed by atoms with van der Waals surface area (Å²) in [6, 6.07) is 7.15. The third-order valence-corrected chi connectivity index (χ3v) is 2.54. The lowest BCUT2D eigenvalue weighted by molar-refractivity contribution is -0.153. The van der Waals surface area contributed by atoms with E-state index in [9.17, 15) is 10.2 Å². The molecule has 0 unspecified atom stereocenters. The van der Waals surface area contributed by atoms with Gasteiger partial charge in [0.2, 0.25) is 6.29 Å². The molecule has 2 N–H and O–H groups in total. The summed E-state index contributed by atoms with van der Waals surface area (Å²) in [6.45, 7) is 1.81. The highest BCUT2D eigenvalue weighted by Gasteiger charge is 2.45. The number of benzene rings is 1. The van der Waals surface area contributed by atoms with Gasteiger partial charge in [-0.05, 0) is 12.5 Å². The van der Waals surface area contributed by atoms with Crippen molar-refractivity contribution in [3.05, 3.63) is 29.8 Å². The third kappa shape index (κ3) is 1.04. The van der Waals surface area contributed by atoms with Gasteiger partial charge < -0.3 is 14.9 Å². The predicted octanol–water partition coefficient (Wildman–Crippen LogP) is 0.995. The van der Waals surface area contributed by atoms with Crippen molar-refractivity contribution in [1.82, 2.24) is 0 Å². The zero-order chi connectivity index (χ0) is 9.47. The van der Waals surface area contributed by atoms with E-state index in [1.54, 1.807) is 12.1 Å². The molecule has 0 aromatic heterocycles. The summed E-state index contributed by atoms with van der Waals surface area (Å²) >= 11 is 0. The molecule has 0 amide bonds. The van der Waals surface area contributed by atoms with Gasteiger partial charge in [0.15, 0.2) is 5.60 Å². The van der Waals surface area contributed by atoms with Gasteiger partial charge in [0, 0.05) is 5.56 Å². The molecule has 2 atom stereocenters. The second kappa shape index (κ2) is 2.72. The number of para-hydroxylation sites is 1. The fraction of sp³-hybridized carbons (Fsp3) is 0.400. The summed E-state index contributed by atoms with van der Waals surface area (Å²) in [4.78, 5) is 0. The highest BCUT2D eigenvalue weighted by Crippen LogP contribution is 2.41. The normalized spacial score (nSPS) is 31.2. The minimum Gasteiger partial charge on any atom is -0.461 e. The first kappa shape index (κ1) is 8.53. The fourth-order valence-electron chi connectivity index (χ4n) is 1.64. The highest BCUT2D eigenvalue weighted by atomic mass is 16.6. The Kier molecular flexibility index (Phi) is 1.78. The Hall–Kier alpha value is -1.06. The number of fused-ring (bicyclic) bond motifs is 1. The summed E-state index contributed by atoms with van der Waals surface area (Å²) in [6.07, 6.45) is -0.708. The van der Waals surface area contributed by atoms with Crippen LogP contribution in [-0.2, 0) is 5.60 Å². The van der Waals surface area contributed by atoms with Crippen LogP contribution < -0.4 is 4.74 Å². The second-order valence-corrected chi connectivity index (χ2v) is 3.24. The van der Waals surface area contributed by atoms with Gasteiger partial charge in [0.1, 0.15) is 5.75 Å². The second-order valence-electron chi connectivity index (χ2n) is 3.24. The van der Waals surface area contributed by atoms with Crippen LogP contribution in [0.1, 0.15) is 18.9 Å². The van der Waals surface area contributed by atoms with Crippen molar-refractivity contribution in [3.8, 4) is 5.75 Å². The Morgan fingerprint density at radius 3 is 2.85 bits per heavy atom. The molecule has 70 valence electrons. The molecule has 3 nitrogen and oxygen atoms in total. The number of hydrogen-bond donors (Lipinski definition) is 2. The third-order valence-electron chi connectivity index (χ3n) is 2.54. The molecule has 0 spiro atoms. The topological polar surface area (TPSA) is 49.7 Å². The number of rotatable bonds is 1. The predicted molar refractivity (Wildman–Crippen MR) is 47.3 cm³/mol. The summed E-state index contributed by atoms with van der Waals surface area (Å²) in [5.74, 6) is 0.569. The first-order valence-corrected chi connectivity index (χ1v) is 4.35. The van der Waals surface area contributed by atoms with E-state index in [2.05, 4.69) is 0 Å². The summed E-state index contributed by atoms with van der Waals surface area (Å²) in [5, 5.41) is 19.5. The Morgan fingerprint density at radius 2 is 2.15 bits per heavy atom. The molecule has 0 bridgehead atoms. The standard InChI is InChI=1S/C10H12O3/c1-2-10(12)7-5-3-4-6-8(7)13-9(10)11/h3-6,9,11-12H,2H2,1H3/t9-,10+/m1/s1. The van der Waals surface area contributed by atoms with Gasteiger partial charge in [-0.3, -0.25) is 0 Å². The summed E-state index contributed by atoms with van der Waals surface area (Å²) < 4.78 is 5.12. The number of aliphatic hydroxyl groups excluding tert-OH is 1. The molecule has 1 aliphatic rings. The van der Waals surface area contributed by atoms with E-state index >= 15 is 0 Å². The molecule has 0 aliphatic carbocycles. The molecule has 0 radical (unpaired) electrons. The Morgan fingerprint density at radius 1 is 1.46 bits per heavy atom. The van der Waals surface area contributed by atoms with E-state index in [0.29, 0.717) is 17.7 Å². The van der Waals surface area contributed by atoms with Crippen molar-refractivity contribution in [2.45, 2.75) is 25.2 Å². The van der Waals surface area contributed by atoms with Crippen LogP contribution in [-0.4, -0.2) is 16.5 Å². The lowest BCUT2D eigenvalue weighted by atomic mass is 9.92. The highest BCUT2D eigenvalue weighted by molar-refractivity contribution is 5.42. The minimum atomic E-state index is -1.24. The summed E-state index contributed by atoms with van der Waals surface area (Å²) in [5.41, 5.74) is -0.568. The zero-order valence-electron chi connectivity index (χ0n) is 7.40. The fourth-order valence-corrected chi connectivity index (χ4v) is 1.64. The summed E-state index contributed by atoms with van der Waals surface area (Å²) in [7, 11) is 0. The van der Waals surface area contributed by atoms with Gasteiger partial charge in [0.05, 0.1) is 0 Å². The smallest absolute Gasteiger partial charge is 0.230 e. The average molecular weight is 180 g/mol. The maximum absolute atomic E-state index is 10.0. The van der Waals surface area contributed by atoms with Crippen molar-refractivity contribution in [1.29, 1.82) is 0 Å². The largest absolute Gasteiger partial charge is 0.461 e. The quantitative estimate of drug-likeness (QED) is 0.677. The van der Waals surface area contributed by atoms with Gasteiger partial charge in [-0.15, -0.1) is 0 Å². The molecule has 1 heterocycles. The lowest BCUT2D eigenvalue weighted by Crippen LogP contribution is -2.36. The van der Waals surface area contributed by atoms with E-state index in [4.69, 9.17) is 4.74 Å². The van der Waals surface area contributed by atoms with Crippen LogP contribution in [0.15, 0.2) is 24.3 Å². The van der Waals surface area contributed by atoms with Crippen LogP contribution in [0.2, 0.25) is 0 Å². The molecule has 0 fully saturated rings. The van der Waals surface area contributed by atoms with E-state index in [-0.39, 0.29) is 0 Å². The lowest BCUT2D eigenvalue weighted by Gasteiger charge is -2.23. The Labute approximate surface area is 76.6 Å². The van der Waals surface area contributed by atoms with Crippen molar-refractivity contribution >= 4 is 0 Å². The van der Waals surface area contributed by atoms with Crippen LogP contribution in [0, 0.1) is 0 Å². The molecule has 1 aromatic carbocycles. The first-order chi connectivity index (χ1) is 6.18. The van der Waals surface area contributed by atoms with Gasteiger partial charge in [0.25, 0.3) is 0 Å². The number of hydrogen-bond acceptors (Lipinski definition) is 3. The maximum atomic E-state index is 10.0. The van der Waals surface area contributed by atoms with Gasteiger partial charge in [-0.2, -0.15) is 0 Å². The van der Waals surface area contributed by atoms with Crippen molar-refractivity contribution < 1.29 is 14.9 Å². The Bertz CT molecular complexity index is 324. The first-order valence-electron chi connectivity index (χ1n) is 4.35. The molecule has 1 aromatic rings. The molecule has 0 saturated heterocycles. The van der Waals surface area contributed by atoms with Crippen LogP contribution in [0.4, 0.5) is 0 Å². The molecular weight excluding hydrogens is 168 g/mol. The SMILES string of the molecule is CC[C@]1(O)c2ccccc2O[C@H]1O. The van der Waals surface area contributed by atoms with Crippen LogP contribution in [0.3, 0.4) is 0 Å². The van der Waals surface area contributed by atoms with Gasteiger partial charge in [-0.25, -0.2) is 0 Å². The molecule has 3 heteroatoms. The minimum absolute atomic E-state index is 0.436. The van der Waals surface area contributed by atoms with Gasteiger partial charge in [-0.1, -0.05) is 25.1 Å². The Balaban J connectivity index is 2.52. The average Bonchev–Trinajstić information content (AvgIpc) is 2.41.